The van der Waals surface area contributed by atoms with Crippen LogP contribution in [-0.2, 0) is 0 Å². The lowest BCUT2D eigenvalue weighted by molar-refractivity contribution is 0.103. The summed E-state index contributed by atoms with van der Waals surface area (Å²) in [5.41, 5.74) is 1.93. The number of carbonyl (C=O) groups excluding carboxylic acids is 1. The average molecular weight is 312 g/mol. The van der Waals surface area contributed by atoms with Crippen LogP contribution in [0.5, 0.6) is 6.01 Å². The molecule has 5 nitrogen and oxygen atoms in total. The number of amides is 1. The van der Waals surface area contributed by atoms with Gasteiger partial charge in [0.1, 0.15) is 0 Å². The van der Waals surface area contributed by atoms with Crippen LogP contribution in [0, 0.1) is 13.8 Å². The zero-order valence-electron chi connectivity index (χ0n) is 11.4. The Bertz CT molecular complexity index is 619. The van der Waals surface area contributed by atoms with Crippen LogP contribution in [-0.4, -0.2) is 22.5 Å². The Labute approximate surface area is 126 Å². The Kier molecular flexibility index (Phi) is 4.57. The third-order valence-corrected chi connectivity index (χ3v) is 3.79. The van der Waals surface area contributed by atoms with Crippen LogP contribution in [0.15, 0.2) is 12.1 Å². The Morgan fingerprint density at radius 3 is 2.50 bits per heavy atom. The summed E-state index contributed by atoms with van der Waals surface area (Å²) in [4.78, 5) is 21.1. The highest BCUT2D eigenvalue weighted by Gasteiger charge is 2.14. The largest absolute Gasteiger partial charge is 0.464 e. The normalized spacial score (nSPS) is 10.4. The van der Waals surface area contributed by atoms with Crippen LogP contribution in [0.4, 0.5) is 5.69 Å². The first kappa shape index (κ1) is 14.7. The fourth-order valence-corrected chi connectivity index (χ4v) is 2.61. The highest BCUT2D eigenvalue weighted by molar-refractivity contribution is 7.18. The van der Waals surface area contributed by atoms with Gasteiger partial charge >= 0.3 is 6.01 Å². The molecule has 0 bridgehead atoms. The van der Waals surface area contributed by atoms with Gasteiger partial charge in [0.25, 0.3) is 5.91 Å². The first-order valence-electron chi connectivity index (χ1n) is 6.06. The van der Waals surface area contributed by atoms with E-state index >= 15 is 0 Å². The maximum Gasteiger partial charge on any atom is 0.316 e. The van der Waals surface area contributed by atoms with Crippen LogP contribution in [0.2, 0.25) is 4.34 Å². The third kappa shape index (κ3) is 3.26. The number of rotatable bonds is 4. The molecule has 1 amide bonds. The van der Waals surface area contributed by atoms with Crippen molar-refractivity contribution in [1.29, 1.82) is 0 Å². The standard InChI is InChI=1S/C13H14ClN3O2S/c1-4-19-13-15-7(2)11(8(3)16-13)17-12(18)9-5-6-10(14)20-9/h5-6H,4H2,1-3H3,(H,17,18). The molecule has 2 aromatic rings. The summed E-state index contributed by atoms with van der Waals surface area (Å²) in [6.45, 7) is 5.96. The minimum atomic E-state index is -0.221. The first-order chi connectivity index (χ1) is 9.51. The van der Waals surface area contributed by atoms with Gasteiger partial charge in [-0.2, -0.15) is 9.97 Å². The van der Waals surface area contributed by atoms with Gasteiger partial charge in [-0.1, -0.05) is 11.6 Å². The van der Waals surface area contributed by atoms with Crippen molar-refractivity contribution in [3.63, 3.8) is 0 Å². The third-order valence-electron chi connectivity index (χ3n) is 2.56. The molecule has 0 spiro atoms. The summed E-state index contributed by atoms with van der Waals surface area (Å²) >= 11 is 7.05. The fourth-order valence-electron chi connectivity index (χ4n) is 1.67. The number of carbonyl (C=O) groups is 1. The summed E-state index contributed by atoms with van der Waals surface area (Å²) in [7, 11) is 0. The first-order valence-corrected chi connectivity index (χ1v) is 7.25. The minimum Gasteiger partial charge on any atom is -0.464 e. The van der Waals surface area contributed by atoms with E-state index in [1.165, 1.54) is 11.3 Å². The molecule has 1 N–H and O–H groups in total. The minimum absolute atomic E-state index is 0.221. The van der Waals surface area contributed by atoms with Crippen molar-refractivity contribution in [1.82, 2.24) is 9.97 Å². The molecule has 0 fully saturated rings. The zero-order chi connectivity index (χ0) is 14.7. The molecule has 20 heavy (non-hydrogen) atoms. The number of halogens is 1. The molecule has 7 heteroatoms. The van der Waals surface area contributed by atoms with E-state index < -0.39 is 0 Å². The van der Waals surface area contributed by atoms with E-state index in [-0.39, 0.29) is 5.91 Å². The number of hydrogen-bond acceptors (Lipinski definition) is 5. The number of thiophene rings is 1. The second kappa shape index (κ2) is 6.19. The zero-order valence-corrected chi connectivity index (χ0v) is 12.9. The molecule has 0 saturated carbocycles. The van der Waals surface area contributed by atoms with Crippen molar-refractivity contribution in [3.8, 4) is 6.01 Å². The average Bonchev–Trinajstić information content (AvgIpc) is 2.81. The van der Waals surface area contributed by atoms with E-state index in [2.05, 4.69) is 15.3 Å². The van der Waals surface area contributed by atoms with E-state index in [1.54, 1.807) is 26.0 Å². The number of nitrogens with one attached hydrogen (secondary N) is 1. The summed E-state index contributed by atoms with van der Waals surface area (Å²) in [5.74, 6) is -0.221. The van der Waals surface area contributed by atoms with Crippen molar-refractivity contribution in [3.05, 3.63) is 32.7 Å². The number of aromatic nitrogens is 2. The van der Waals surface area contributed by atoms with Gasteiger partial charge in [0.15, 0.2) is 0 Å². The van der Waals surface area contributed by atoms with Crippen molar-refractivity contribution >= 4 is 34.5 Å². The summed E-state index contributed by atoms with van der Waals surface area (Å²) in [6, 6.07) is 3.69. The Hall–Kier alpha value is -1.66. The molecule has 2 aromatic heterocycles. The second-order valence-corrected chi connectivity index (χ2v) is 5.76. The SMILES string of the molecule is CCOc1nc(C)c(NC(=O)c2ccc(Cl)s2)c(C)n1. The molecule has 2 heterocycles. The maximum absolute atomic E-state index is 12.1. The predicted molar refractivity (Wildman–Crippen MR) is 80.0 cm³/mol. The Morgan fingerprint density at radius 1 is 1.35 bits per heavy atom. The molecule has 0 aliphatic rings. The number of anilines is 1. The van der Waals surface area contributed by atoms with E-state index in [9.17, 15) is 4.79 Å². The van der Waals surface area contributed by atoms with Gasteiger partial charge in [-0.15, -0.1) is 11.3 Å². The lowest BCUT2D eigenvalue weighted by Gasteiger charge is -2.11. The lowest BCUT2D eigenvalue weighted by atomic mass is 10.2. The van der Waals surface area contributed by atoms with Crippen molar-refractivity contribution in [2.75, 3.05) is 11.9 Å². The van der Waals surface area contributed by atoms with Crippen LogP contribution >= 0.6 is 22.9 Å². The molecule has 0 atom stereocenters. The van der Waals surface area contributed by atoms with Crippen LogP contribution in [0.25, 0.3) is 0 Å². The molecular weight excluding hydrogens is 298 g/mol. The molecule has 0 aliphatic carbocycles. The van der Waals surface area contributed by atoms with Gasteiger partial charge in [-0.3, -0.25) is 4.79 Å². The second-order valence-electron chi connectivity index (χ2n) is 4.04. The Balaban J connectivity index is 2.23. The number of nitrogens with zero attached hydrogens (tertiary/aromatic N) is 2. The molecule has 0 radical (unpaired) electrons. The topological polar surface area (TPSA) is 64.1 Å². The summed E-state index contributed by atoms with van der Waals surface area (Å²) in [5, 5.41) is 2.81. The molecule has 0 aliphatic heterocycles. The molecule has 0 aromatic carbocycles. The molecule has 106 valence electrons. The van der Waals surface area contributed by atoms with Gasteiger partial charge in [0, 0.05) is 0 Å². The fraction of sp³-hybridized carbons (Fsp3) is 0.308. The number of ether oxygens (including phenoxy) is 1. The monoisotopic (exact) mass is 311 g/mol. The smallest absolute Gasteiger partial charge is 0.316 e. The van der Waals surface area contributed by atoms with Gasteiger partial charge in [0.2, 0.25) is 0 Å². The quantitative estimate of drug-likeness (QED) is 0.939. The van der Waals surface area contributed by atoms with Gasteiger partial charge in [-0.25, -0.2) is 0 Å². The van der Waals surface area contributed by atoms with E-state index in [0.717, 1.165) is 0 Å². The van der Waals surface area contributed by atoms with E-state index in [1.807, 2.05) is 6.92 Å². The van der Waals surface area contributed by atoms with Crippen LogP contribution in [0.1, 0.15) is 28.0 Å². The molecular formula is C13H14ClN3O2S. The van der Waals surface area contributed by atoms with Gasteiger partial charge in [-0.05, 0) is 32.9 Å². The van der Waals surface area contributed by atoms with Crippen molar-refractivity contribution in [2.45, 2.75) is 20.8 Å². The number of hydrogen-bond donors (Lipinski definition) is 1. The van der Waals surface area contributed by atoms with Crippen LogP contribution < -0.4 is 10.1 Å². The van der Waals surface area contributed by atoms with E-state index in [0.29, 0.717) is 38.9 Å². The van der Waals surface area contributed by atoms with Gasteiger partial charge in [0.05, 0.1) is 32.9 Å². The maximum atomic E-state index is 12.1. The van der Waals surface area contributed by atoms with E-state index in [4.69, 9.17) is 16.3 Å². The predicted octanol–water partition coefficient (Wildman–Crippen LogP) is 3.46. The molecule has 0 saturated heterocycles. The highest BCUT2D eigenvalue weighted by Crippen LogP contribution is 2.24. The summed E-state index contributed by atoms with van der Waals surface area (Å²) in [6.07, 6.45) is 0. The van der Waals surface area contributed by atoms with Crippen molar-refractivity contribution < 1.29 is 9.53 Å². The van der Waals surface area contributed by atoms with Crippen molar-refractivity contribution in [2.24, 2.45) is 0 Å². The van der Waals surface area contributed by atoms with Gasteiger partial charge < -0.3 is 10.1 Å². The Morgan fingerprint density at radius 2 is 2.00 bits per heavy atom. The highest BCUT2D eigenvalue weighted by atomic mass is 35.5. The molecule has 0 unspecified atom stereocenters. The lowest BCUT2D eigenvalue weighted by Crippen LogP contribution is -2.14. The molecule has 2 rings (SSSR count). The van der Waals surface area contributed by atoms with Crippen LogP contribution in [0.3, 0.4) is 0 Å². The number of aryl methyl sites for hydroxylation is 2. The summed E-state index contributed by atoms with van der Waals surface area (Å²) < 4.78 is 5.84.